The second-order valence-electron chi connectivity index (χ2n) is 6.05. The highest BCUT2D eigenvalue weighted by atomic mass is 32.2. The zero-order valence-electron chi connectivity index (χ0n) is 15.1. The number of hydrogen-bond donors (Lipinski definition) is 1. The fourth-order valence-electron chi connectivity index (χ4n) is 2.76. The summed E-state index contributed by atoms with van der Waals surface area (Å²) in [5.74, 6) is -0.192. The number of nitrogens with zero attached hydrogens (tertiary/aromatic N) is 1. The minimum Gasteiger partial charge on any atom is -0.496 e. The third-order valence-electron chi connectivity index (χ3n) is 4.10. The number of benzene rings is 2. The molecule has 1 aliphatic rings. The lowest BCUT2D eigenvalue weighted by Gasteiger charge is -2.09. The Bertz CT molecular complexity index is 1020. The summed E-state index contributed by atoms with van der Waals surface area (Å²) in [5, 5.41) is 0. The maximum absolute atomic E-state index is 13.3. The number of amidine groups is 1. The maximum Gasteiger partial charge on any atom is 0.306 e. The molecule has 1 N–H and O–H groups in total. The zero-order chi connectivity index (χ0) is 20.1. The minimum atomic E-state index is -3.57. The van der Waals surface area contributed by atoms with Gasteiger partial charge in [-0.2, -0.15) is 0 Å². The SMILES string of the molecule is COc1ccc(F)cc1COC(=O)CCCN=C1NS(=O)(=O)c2ccccc21. The molecule has 2 aromatic carbocycles. The summed E-state index contributed by atoms with van der Waals surface area (Å²) in [7, 11) is -2.12. The monoisotopic (exact) mass is 406 g/mol. The van der Waals surface area contributed by atoms with Crippen molar-refractivity contribution in [1.82, 2.24) is 4.72 Å². The van der Waals surface area contributed by atoms with E-state index in [2.05, 4.69) is 9.71 Å². The zero-order valence-corrected chi connectivity index (χ0v) is 16.0. The van der Waals surface area contributed by atoms with Crippen LogP contribution in [0, 0.1) is 5.82 Å². The van der Waals surface area contributed by atoms with Crippen LogP contribution in [0.1, 0.15) is 24.0 Å². The van der Waals surface area contributed by atoms with Crippen LogP contribution in [0.5, 0.6) is 5.75 Å². The van der Waals surface area contributed by atoms with Crippen LogP contribution in [-0.2, 0) is 26.2 Å². The number of rotatable bonds is 7. The van der Waals surface area contributed by atoms with Crippen LogP contribution in [-0.4, -0.2) is 33.9 Å². The smallest absolute Gasteiger partial charge is 0.306 e. The molecule has 0 atom stereocenters. The molecular weight excluding hydrogens is 387 g/mol. The van der Waals surface area contributed by atoms with E-state index >= 15 is 0 Å². The highest BCUT2D eigenvalue weighted by Gasteiger charge is 2.29. The lowest BCUT2D eigenvalue weighted by molar-refractivity contribution is -0.145. The van der Waals surface area contributed by atoms with Gasteiger partial charge in [-0.25, -0.2) is 12.8 Å². The highest BCUT2D eigenvalue weighted by molar-refractivity contribution is 7.90. The Labute approximate surface area is 162 Å². The molecule has 3 rings (SSSR count). The second-order valence-corrected chi connectivity index (χ2v) is 7.70. The van der Waals surface area contributed by atoms with Gasteiger partial charge < -0.3 is 9.47 Å². The van der Waals surface area contributed by atoms with Crippen molar-refractivity contribution in [2.24, 2.45) is 4.99 Å². The van der Waals surface area contributed by atoms with Gasteiger partial charge in [-0.3, -0.25) is 14.5 Å². The Hall–Kier alpha value is -2.94. The molecule has 1 aliphatic heterocycles. The first-order valence-electron chi connectivity index (χ1n) is 8.55. The quantitative estimate of drug-likeness (QED) is 0.563. The van der Waals surface area contributed by atoms with Crippen LogP contribution in [0.25, 0.3) is 0 Å². The fraction of sp³-hybridized carbons (Fsp3) is 0.263. The Morgan fingerprint density at radius 2 is 2.00 bits per heavy atom. The van der Waals surface area contributed by atoms with E-state index in [4.69, 9.17) is 9.47 Å². The van der Waals surface area contributed by atoms with Crippen LogP contribution >= 0.6 is 0 Å². The van der Waals surface area contributed by atoms with Crippen molar-refractivity contribution < 1.29 is 27.1 Å². The predicted molar refractivity (Wildman–Crippen MR) is 100 cm³/mol. The fourth-order valence-corrected chi connectivity index (χ4v) is 4.01. The van der Waals surface area contributed by atoms with Gasteiger partial charge in [0.1, 0.15) is 24.0 Å². The summed E-state index contributed by atoms with van der Waals surface area (Å²) in [6, 6.07) is 10.5. The van der Waals surface area contributed by atoms with Gasteiger partial charge in [0, 0.05) is 24.1 Å². The van der Waals surface area contributed by atoms with Crippen molar-refractivity contribution in [3.05, 3.63) is 59.4 Å². The molecule has 0 saturated carbocycles. The average molecular weight is 406 g/mol. The van der Waals surface area contributed by atoms with Crippen LogP contribution in [0.4, 0.5) is 4.39 Å². The number of ether oxygens (including phenoxy) is 2. The molecule has 9 heteroatoms. The number of carbonyl (C=O) groups is 1. The van der Waals surface area contributed by atoms with Gasteiger partial charge in [0.25, 0.3) is 10.0 Å². The predicted octanol–water partition coefficient (Wildman–Crippen LogP) is 2.40. The van der Waals surface area contributed by atoms with E-state index in [1.807, 2.05) is 0 Å². The minimum absolute atomic E-state index is 0.0958. The van der Waals surface area contributed by atoms with Crippen molar-refractivity contribution in [1.29, 1.82) is 0 Å². The normalized spacial score (nSPS) is 15.7. The summed E-state index contributed by atoms with van der Waals surface area (Å²) in [4.78, 5) is 16.3. The first kappa shape index (κ1) is 19.8. The molecule has 0 fully saturated rings. The average Bonchev–Trinajstić information content (AvgIpc) is 2.94. The van der Waals surface area contributed by atoms with Gasteiger partial charge in [-0.15, -0.1) is 0 Å². The van der Waals surface area contributed by atoms with Crippen LogP contribution in [0.2, 0.25) is 0 Å². The van der Waals surface area contributed by atoms with E-state index < -0.39 is 21.8 Å². The van der Waals surface area contributed by atoms with Crippen molar-refractivity contribution >= 4 is 21.8 Å². The van der Waals surface area contributed by atoms with E-state index in [1.165, 1.54) is 31.4 Å². The number of fused-ring (bicyclic) bond motifs is 1. The molecule has 0 saturated heterocycles. The largest absolute Gasteiger partial charge is 0.496 e. The number of aliphatic imine (C=N–C) groups is 1. The Morgan fingerprint density at radius 3 is 2.79 bits per heavy atom. The summed E-state index contributed by atoms with van der Waals surface area (Å²) >= 11 is 0. The summed E-state index contributed by atoms with van der Waals surface area (Å²) < 4.78 is 49.9. The van der Waals surface area contributed by atoms with E-state index in [0.717, 1.165) is 0 Å². The van der Waals surface area contributed by atoms with Gasteiger partial charge in [0.15, 0.2) is 0 Å². The summed E-state index contributed by atoms with van der Waals surface area (Å²) in [5.41, 5.74) is 0.955. The number of halogens is 1. The topological polar surface area (TPSA) is 94.1 Å². The van der Waals surface area contributed by atoms with Crippen LogP contribution < -0.4 is 9.46 Å². The molecule has 0 radical (unpaired) electrons. The number of methoxy groups -OCH3 is 1. The van der Waals surface area contributed by atoms with E-state index in [9.17, 15) is 17.6 Å². The first-order chi connectivity index (χ1) is 13.4. The van der Waals surface area contributed by atoms with E-state index in [-0.39, 0.29) is 30.3 Å². The van der Waals surface area contributed by atoms with E-state index in [1.54, 1.807) is 18.2 Å². The molecule has 0 unspecified atom stereocenters. The van der Waals surface area contributed by atoms with E-state index in [0.29, 0.717) is 23.3 Å². The van der Waals surface area contributed by atoms with Crippen molar-refractivity contribution in [3.8, 4) is 5.75 Å². The molecule has 28 heavy (non-hydrogen) atoms. The molecule has 0 aromatic heterocycles. The Morgan fingerprint density at radius 1 is 1.21 bits per heavy atom. The highest BCUT2D eigenvalue weighted by Crippen LogP contribution is 2.22. The number of carbonyl (C=O) groups excluding carboxylic acids is 1. The standard InChI is InChI=1S/C19H19FN2O5S/c1-26-16-9-8-14(20)11-13(16)12-27-18(23)7-4-10-21-19-15-5-2-3-6-17(15)28(24,25)22-19/h2-3,5-6,8-9,11H,4,7,10,12H2,1H3,(H,21,22). The van der Waals surface area contributed by atoms with Gasteiger partial charge in [0.05, 0.1) is 12.0 Å². The van der Waals surface area contributed by atoms with Gasteiger partial charge >= 0.3 is 5.97 Å². The molecule has 0 amide bonds. The molecule has 0 spiro atoms. The van der Waals surface area contributed by atoms with Crippen molar-refractivity contribution in [2.75, 3.05) is 13.7 Å². The second kappa shape index (κ2) is 8.39. The van der Waals surface area contributed by atoms with Gasteiger partial charge in [0.2, 0.25) is 0 Å². The number of esters is 1. The molecule has 0 aliphatic carbocycles. The summed E-state index contributed by atoms with van der Waals surface area (Å²) in [6.07, 6.45) is 0.481. The third-order valence-corrected chi connectivity index (χ3v) is 5.50. The number of hydrogen-bond acceptors (Lipinski definition) is 6. The third kappa shape index (κ3) is 4.48. The molecule has 0 bridgehead atoms. The molecule has 1 heterocycles. The van der Waals surface area contributed by atoms with Crippen molar-refractivity contribution in [3.63, 3.8) is 0 Å². The summed E-state index contributed by atoms with van der Waals surface area (Å²) in [6.45, 7) is 0.159. The van der Waals surface area contributed by atoms with Gasteiger partial charge in [-0.05, 0) is 36.8 Å². The molecule has 148 valence electrons. The van der Waals surface area contributed by atoms with Gasteiger partial charge in [-0.1, -0.05) is 12.1 Å². The molecule has 2 aromatic rings. The number of sulfonamides is 1. The molecular formula is C19H19FN2O5S. The van der Waals surface area contributed by atoms with Crippen LogP contribution in [0.15, 0.2) is 52.4 Å². The van der Waals surface area contributed by atoms with Crippen LogP contribution in [0.3, 0.4) is 0 Å². The molecule has 7 nitrogen and oxygen atoms in total. The maximum atomic E-state index is 13.3. The lowest BCUT2D eigenvalue weighted by Crippen LogP contribution is -2.22. The number of nitrogens with one attached hydrogen (secondary N) is 1. The Balaban J connectivity index is 1.50. The Kier molecular flexibility index (Phi) is 5.93. The lowest BCUT2D eigenvalue weighted by atomic mass is 10.2. The van der Waals surface area contributed by atoms with Crippen molar-refractivity contribution in [2.45, 2.75) is 24.3 Å². The first-order valence-corrected chi connectivity index (χ1v) is 10.0.